The molecule has 0 spiro atoms. The molecule has 0 radical (unpaired) electrons. The Morgan fingerprint density at radius 2 is 1.56 bits per heavy atom. The second kappa shape index (κ2) is 8.30. The Morgan fingerprint density at radius 3 is 2.24 bits per heavy atom. The lowest BCUT2D eigenvalue weighted by molar-refractivity contribution is -0.932. The minimum Gasteiger partial charge on any atom is -0.321 e. The Bertz CT molecular complexity index is 688. The van der Waals surface area contributed by atoms with E-state index >= 15 is 0 Å². The number of anilines is 1. The summed E-state index contributed by atoms with van der Waals surface area (Å²) < 4.78 is 0.877. The molecule has 1 heterocycles. The molecule has 2 aromatic rings. The van der Waals surface area contributed by atoms with Gasteiger partial charge in [-0.15, -0.1) is 0 Å². The minimum atomic E-state index is 0.132. The normalized spacial score (nSPS) is 16.8. The number of nitrogens with zero attached hydrogens (tertiary/aromatic N) is 1. The molecule has 1 N–H and O–H groups in total. The van der Waals surface area contributed by atoms with Crippen LogP contribution >= 0.6 is 0 Å². The first-order valence-corrected chi connectivity index (χ1v) is 9.41. The van der Waals surface area contributed by atoms with Gasteiger partial charge >= 0.3 is 0 Å². The Morgan fingerprint density at radius 1 is 0.920 bits per heavy atom. The zero-order valence-corrected chi connectivity index (χ0v) is 15.2. The van der Waals surface area contributed by atoms with E-state index in [1.54, 1.807) is 0 Å². The van der Waals surface area contributed by atoms with Gasteiger partial charge in [0.05, 0.1) is 13.1 Å². The number of carbonyl (C=O) groups excluding carboxylic acids is 1. The molecule has 1 amide bonds. The highest BCUT2D eigenvalue weighted by Crippen LogP contribution is 2.23. The van der Waals surface area contributed by atoms with E-state index in [0.29, 0.717) is 6.54 Å². The van der Waals surface area contributed by atoms with Crippen LogP contribution in [0.15, 0.2) is 54.6 Å². The summed E-state index contributed by atoms with van der Waals surface area (Å²) >= 11 is 0. The van der Waals surface area contributed by atoms with Crippen LogP contribution < -0.4 is 5.32 Å². The van der Waals surface area contributed by atoms with E-state index in [9.17, 15) is 4.79 Å². The van der Waals surface area contributed by atoms with Crippen molar-refractivity contribution in [2.75, 3.05) is 25.0 Å². The highest BCUT2D eigenvalue weighted by atomic mass is 16.2. The molecule has 0 unspecified atom stereocenters. The molecule has 2 aromatic carbocycles. The van der Waals surface area contributed by atoms with Crippen molar-refractivity contribution in [3.8, 4) is 0 Å². The summed E-state index contributed by atoms with van der Waals surface area (Å²) in [6.07, 6.45) is 5.00. The number of hydrogen-bond acceptors (Lipinski definition) is 1. The second-order valence-electron chi connectivity index (χ2n) is 7.37. The predicted molar refractivity (Wildman–Crippen MR) is 103 cm³/mol. The molecule has 25 heavy (non-hydrogen) atoms. The summed E-state index contributed by atoms with van der Waals surface area (Å²) in [6.45, 7) is 5.73. The van der Waals surface area contributed by atoms with Crippen LogP contribution in [0.3, 0.4) is 0 Å². The molecule has 0 aromatic heterocycles. The van der Waals surface area contributed by atoms with Gasteiger partial charge in [-0.3, -0.25) is 4.79 Å². The third-order valence-corrected chi connectivity index (χ3v) is 5.27. The van der Waals surface area contributed by atoms with Gasteiger partial charge < -0.3 is 9.80 Å². The summed E-state index contributed by atoms with van der Waals surface area (Å²) in [5.41, 5.74) is 3.37. The highest BCUT2D eigenvalue weighted by molar-refractivity contribution is 5.92. The van der Waals surface area contributed by atoms with Crippen molar-refractivity contribution >= 4 is 11.6 Å². The van der Waals surface area contributed by atoms with E-state index in [2.05, 4.69) is 35.6 Å². The summed E-state index contributed by atoms with van der Waals surface area (Å²) in [6, 6.07) is 18.6. The fraction of sp³-hybridized carbons (Fsp3) is 0.409. The smallest absolute Gasteiger partial charge is 0.279 e. The molecular weight excluding hydrogens is 308 g/mol. The van der Waals surface area contributed by atoms with Gasteiger partial charge in [0.15, 0.2) is 6.54 Å². The molecule has 0 atom stereocenters. The minimum absolute atomic E-state index is 0.132. The van der Waals surface area contributed by atoms with E-state index in [0.717, 1.165) is 35.4 Å². The Labute approximate surface area is 151 Å². The first-order chi connectivity index (χ1) is 12.2. The summed E-state index contributed by atoms with van der Waals surface area (Å²) in [5, 5.41) is 3.13. The maximum atomic E-state index is 12.8. The zero-order chi connectivity index (χ0) is 17.5. The van der Waals surface area contributed by atoms with Gasteiger partial charge in [0.1, 0.15) is 6.54 Å². The fourth-order valence-electron chi connectivity index (χ4n) is 3.91. The molecule has 0 bridgehead atoms. The summed E-state index contributed by atoms with van der Waals surface area (Å²) in [5.74, 6) is 0.132. The molecule has 0 aliphatic carbocycles. The number of para-hydroxylation sites is 1. The van der Waals surface area contributed by atoms with E-state index < -0.39 is 0 Å². The first-order valence-electron chi connectivity index (χ1n) is 9.41. The van der Waals surface area contributed by atoms with Crippen LogP contribution in [0.4, 0.5) is 5.69 Å². The number of aryl methyl sites for hydroxylation is 1. The van der Waals surface area contributed by atoms with Gasteiger partial charge in [-0.1, -0.05) is 48.5 Å². The number of rotatable bonds is 5. The van der Waals surface area contributed by atoms with Gasteiger partial charge in [0.25, 0.3) is 5.91 Å². The number of benzene rings is 2. The Hall–Kier alpha value is -2.13. The quantitative estimate of drug-likeness (QED) is 0.798. The maximum absolute atomic E-state index is 12.8. The largest absolute Gasteiger partial charge is 0.321 e. The van der Waals surface area contributed by atoms with E-state index in [1.807, 2.05) is 31.2 Å². The van der Waals surface area contributed by atoms with Crippen LogP contribution in [0, 0.1) is 6.92 Å². The first kappa shape index (κ1) is 17.7. The van der Waals surface area contributed by atoms with Crippen molar-refractivity contribution < 1.29 is 9.28 Å². The van der Waals surface area contributed by atoms with Crippen LogP contribution in [0.5, 0.6) is 0 Å². The number of carbonyl (C=O) groups is 1. The lowest BCUT2D eigenvalue weighted by atomic mass is 10.1. The molecule has 3 heteroatoms. The van der Waals surface area contributed by atoms with Gasteiger partial charge in [-0.25, -0.2) is 0 Å². The fourth-order valence-corrected chi connectivity index (χ4v) is 3.91. The number of likely N-dealkylation sites (tertiary alicyclic amines) is 1. The lowest BCUT2D eigenvalue weighted by Gasteiger charge is -2.37. The molecule has 1 aliphatic heterocycles. The van der Waals surface area contributed by atoms with E-state index in [-0.39, 0.29) is 5.91 Å². The second-order valence-corrected chi connectivity index (χ2v) is 7.37. The number of amides is 1. The van der Waals surface area contributed by atoms with Crippen molar-refractivity contribution in [3.63, 3.8) is 0 Å². The molecule has 1 fully saturated rings. The van der Waals surface area contributed by atoms with Crippen molar-refractivity contribution in [1.82, 2.24) is 0 Å². The van der Waals surface area contributed by atoms with Crippen LogP contribution in [0.2, 0.25) is 0 Å². The third-order valence-electron chi connectivity index (χ3n) is 5.27. The SMILES string of the molecule is Cc1ccccc1NC(=O)C[N+]1(Cc2ccccc2)CCCCCC1. The van der Waals surface area contributed by atoms with Crippen LogP contribution in [-0.2, 0) is 11.3 Å². The molecule has 3 rings (SSSR count). The lowest BCUT2D eigenvalue weighted by Crippen LogP contribution is -2.52. The number of hydrogen-bond donors (Lipinski definition) is 1. The molecule has 132 valence electrons. The van der Waals surface area contributed by atoms with Gasteiger partial charge in [0, 0.05) is 11.3 Å². The summed E-state index contributed by atoms with van der Waals surface area (Å²) in [7, 11) is 0. The molecule has 1 saturated heterocycles. The molecule has 1 aliphatic rings. The van der Waals surface area contributed by atoms with E-state index in [1.165, 1.54) is 31.2 Å². The summed E-state index contributed by atoms with van der Waals surface area (Å²) in [4.78, 5) is 12.8. The van der Waals surface area contributed by atoms with Gasteiger partial charge in [0.2, 0.25) is 0 Å². The topological polar surface area (TPSA) is 29.1 Å². The van der Waals surface area contributed by atoms with Crippen molar-refractivity contribution in [2.45, 2.75) is 39.2 Å². The predicted octanol–water partition coefficient (Wildman–Crippen LogP) is 4.52. The molecule has 0 saturated carbocycles. The maximum Gasteiger partial charge on any atom is 0.279 e. The van der Waals surface area contributed by atoms with Crippen LogP contribution in [0.25, 0.3) is 0 Å². The van der Waals surface area contributed by atoms with Crippen LogP contribution in [-0.4, -0.2) is 30.0 Å². The van der Waals surface area contributed by atoms with Crippen molar-refractivity contribution in [3.05, 3.63) is 65.7 Å². The van der Waals surface area contributed by atoms with Crippen molar-refractivity contribution in [2.24, 2.45) is 0 Å². The average Bonchev–Trinajstić information content (AvgIpc) is 2.83. The Kier molecular flexibility index (Phi) is 5.87. The molecule has 3 nitrogen and oxygen atoms in total. The van der Waals surface area contributed by atoms with Gasteiger partial charge in [-0.05, 0) is 44.2 Å². The van der Waals surface area contributed by atoms with Crippen LogP contribution in [0.1, 0.15) is 36.8 Å². The molecular formula is C22H29N2O+. The van der Waals surface area contributed by atoms with E-state index in [4.69, 9.17) is 0 Å². The average molecular weight is 337 g/mol. The number of nitrogens with one attached hydrogen (secondary N) is 1. The standard InChI is InChI=1S/C22H28N2O/c1-19-11-7-8-14-21(19)23-22(25)18-24(15-9-2-3-10-16-24)17-20-12-5-4-6-13-20/h4-8,11-14H,2-3,9-10,15-18H2,1H3/p+1. The number of quaternary nitrogens is 1. The van der Waals surface area contributed by atoms with Crippen molar-refractivity contribution in [1.29, 1.82) is 0 Å². The van der Waals surface area contributed by atoms with Gasteiger partial charge in [-0.2, -0.15) is 0 Å². The monoisotopic (exact) mass is 337 g/mol. The third kappa shape index (κ3) is 4.93. The zero-order valence-electron chi connectivity index (χ0n) is 15.2. The highest BCUT2D eigenvalue weighted by Gasteiger charge is 2.31. The Balaban J connectivity index is 1.75.